The summed E-state index contributed by atoms with van der Waals surface area (Å²) in [6, 6.07) is 7.36. The fraction of sp³-hybridized carbons (Fsp3) is 0.444. The van der Waals surface area contributed by atoms with Crippen molar-refractivity contribution in [2.24, 2.45) is 16.6 Å². The lowest BCUT2D eigenvalue weighted by Gasteiger charge is -2.31. The van der Waals surface area contributed by atoms with Gasteiger partial charge >= 0.3 is 0 Å². The molecule has 6 nitrogen and oxygen atoms in total. The number of benzene rings is 1. The van der Waals surface area contributed by atoms with Crippen molar-refractivity contribution in [2.75, 3.05) is 4.90 Å². The molecule has 25 heavy (non-hydrogen) atoms. The molecule has 2 aliphatic rings. The normalized spacial score (nSPS) is 27.7. The number of nitrogens with one attached hydrogen (secondary N) is 1. The maximum absolute atomic E-state index is 12.8. The summed E-state index contributed by atoms with van der Waals surface area (Å²) in [6.07, 6.45) is 5.43. The van der Waals surface area contributed by atoms with E-state index in [0.717, 1.165) is 31.2 Å². The second-order valence-electron chi connectivity index (χ2n) is 6.60. The highest BCUT2D eigenvalue weighted by Gasteiger charge is 2.38. The maximum Gasteiger partial charge on any atom is 0.251 e. The quantitative estimate of drug-likeness (QED) is 0.489. The van der Waals surface area contributed by atoms with E-state index in [2.05, 4.69) is 10.3 Å². The first-order chi connectivity index (χ1) is 12.0. The fourth-order valence-corrected chi connectivity index (χ4v) is 3.48. The zero-order valence-corrected chi connectivity index (χ0v) is 15.0. The van der Waals surface area contributed by atoms with Crippen LogP contribution in [0.15, 0.2) is 29.3 Å². The standard InChI is InChI=1S/C18H22N4O2S/c1-11-6-8-12(9-7-11)22-17(24)13(16(23)21-18(22)25)10-20-15-5-3-2-4-14(15)19/h6-10,13-15H,2-5,19H2,1H3,(H,21,23,25)/t13-,14+,15+/m0/s1. The first-order valence-electron chi connectivity index (χ1n) is 8.51. The molecule has 1 saturated heterocycles. The van der Waals surface area contributed by atoms with Gasteiger partial charge in [-0.15, -0.1) is 0 Å². The van der Waals surface area contributed by atoms with E-state index in [1.807, 2.05) is 31.2 Å². The number of hydrogen-bond acceptors (Lipinski definition) is 5. The number of nitrogens with zero attached hydrogens (tertiary/aromatic N) is 2. The minimum absolute atomic E-state index is 0.0129. The van der Waals surface area contributed by atoms with Crippen LogP contribution >= 0.6 is 12.2 Å². The van der Waals surface area contributed by atoms with E-state index in [0.29, 0.717) is 5.69 Å². The first kappa shape index (κ1) is 17.7. The number of amides is 2. The summed E-state index contributed by atoms with van der Waals surface area (Å²) in [5, 5.41) is 2.69. The van der Waals surface area contributed by atoms with E-state index >= 15 is 0 Å². The fourth-order valence-electron chi connectivity index (χ4n) is 3.18. The molecule has 0 unspecified atom stereocenters. The highest BCUT2D eigenvalue weighted by atomic mass is 32.1. The van der Waals surface area contributed by atoms with Crippen molar-refractivity contribution < 1.29 is 9.59 Å². The van der Waals surface area contributed by atoms with Gasteiger partial charge in [0.2, 0.25) is 5.91 Å². The van der Waals surface area contributed by atoms with Gasteiger partial charge in [-0.3, -0.25) is 19.5 Å². The topological polar surface area (TPSA) is 87.8 Å². The van der Waals surface area contributed by atoms with Crippen LogP contribution in [0.25, 0.3) is 0 Å². The van der Waals surface area contributed by atoms with Crippen molar-refractivity contribution in [1.29, 1.82) is 0 Å². The average molecular weight is 358 g/mol. The summed E-state index contributed by atoms with van der Waals surface area (Å²) in [5.74, 6) is -1.81. The number of aryl methyl sites for hydroxylation is 1. The largest absolute Gasteiger partial charge is 0.326 e. The Hall–Kier alpha value is -2.12. The number of thiocarbonyl (C=S) groups is 1. The van der Waals surface area contributed by atoms with E-state index in [1.165, 1.54) is 11.1 Å². The molecular weight excluding hydrogens is 336 g/mol. The van der Waals surface area contributed by atoms with Gasteiger partial charge < -0.3 is 11.1 Å². The predicted octanol–water partition coefficient (Wildman–Crippen LogP) is 1.70. The van der Waals surface area contributed by atoms with Gasteiger partial charge in [-0.25, -0.2) is 0 Å². The molecule has 1 aromatic carbocycles. The highest BCUT2D eigenvalue weighted by molar-refractivity contribution is 7.80. The minimum atomic E-state index is -0.984. The molecule has 0 aromatic heterocycles. The van der Waals surface area contributed by atoms with Crippen LogP contribution in [0, 0.1) is 12.8 Å². The molecule has 7 heteroatoms. The van der Waals surface area contributed by atoms with Gasteiger partial charge in [0.15, 0.2) is 11.0 Å². The van der Waals surface area contributed by atoms with Crippen molar-refractivity contribution >= 4 is 41.0 Å². The lowest BCUT2D eigenvalue weighted by Crippen LogP contribution is -2.58. The van der Waals surface area contributed by atoms with Gasteiger partial charge in [-0.1, -0.05) is 30.5 Å². The summed E-state index contributed by atoms with van der Waals surface area (Å²) in [4.78, 5) is 30.9. The van der Waals surface area contributed by atoms with Crippen LogP contribution < -0.4 is 16.0 Å². The van der Waals surface area contributed by atoms with Crippen LogP contribution in [-0.2, 0) is 9.59 Å². The maximum atomic E-state index is 12.8. The summed E-state index contributed by atoms with van der Waals surface area (Å²) < 4.78 is 0. The van der Waals surface area contributed by atoms with E-state index in [-0.39, 0.29) is 23.1 Å². The second kappa shape index (κ2) is 7.41. The Morgan fingerprint density at radius 3 is 2.60 bits per heavy atom. The van der Waals surface area contributed by atoms with E-state index < -0.39 is 11.8 Å². The number of hydrogen-bond donors (Lipinski definition) is 2. The van der Waals surface area contributed by atoms with Crippen LogP contribution in [-0.4, -0.2) is 35.2 Å². The Morgan fingerprint density at radius 2 is 1.92 bits per heavy atom. The van der Waals surface area contributed by atoms with E-state index in [9.17, 15) is 9.59 Å². The Bertz CT molecular complexity index is 716. The Kier molecular flexibility index (Phi) is 5.24. The van der Waals surface area contributed by atoms with Crippen molar-refractivity contribution in [3.8, 4) is 0 Å². The van der Waals surface area contributed by atoms with E-state index in [1.54, 1.807) is 0 Å². The molecule has 132 valence electrons. The smallest absolute Gasteiger partial charge is 0.251 e. The summed E-state index contributed by atoms with van der Waals surface area (Å²) in [5.41, 5.74) is 7.80. The zero-order chi connectivity index (χ0) is 18.0. The first-order valence-corrected chi connectivity index (χ1v) is 8.92. The van der Waals surface area contributed by atoms with Gasteiger partial charge in [-0.05, 0) is 44.1 Å². The average Bonchev–Trinajstić information content (AvgIpc) is 2.57. The minimum Gasteiger partial charge on any atom is -0.326 e. The van der Waals surface area contributed by atoms with Crippen molar-refractivity contribution in [1.82, 2.24) is 5.32 Å². The van der Waals surface area contributed by atoms with Gasteiger partial charge in [0.1, 0.15) is 0 Å². The van der Waals surface area contributed by atoms with Crippen molar-refractivity contribution in [3.63, 3.8) is 0 Å². The SMILES string of the molecule is Cc1ccc(N2C(=O)[C@@H](C=N[C@@H]3CCCC[C@H]3N)C(=O)NC2=S)cc1. The molecule has 1 aliphatic heterocycles. The lowest BCUT2D eigenvalue weighted by atomic mass is 9.91. The van der Waals surface area contributed by atoms with Crippen LogP contribution in [0.5, 0.6) is 0 Å². The number of carbonyl (C=O) groups is 2. The summed E-state index contributed by atoms with van der Waals surface area (Å²) >= 11 is 5.19. The molecule has 3 rings (SSSR count). The van der Waals surface area contributed by atoms with Crippen molar-refractivity contribution in [2.45, 2.75) is 44.7 Å². The number of rotatable bonds is 3. The Morgan fingerprint density at radius 1 is 1.24 bits per heavy atom. The third kappa shape index (κ3) is 3.77. The van der Waals surface area contributed by atoms with Gasteiger partial charge in [0.25, 0.3) is 5.91 Å². The molecule has 0 bridgehead atoms. The van der Waals surface area contributed by atoms with Crippen LogP contribution in [0.4, 0.5) is 5.69 Å². The van der Waals surface area contributed by atoms with E-state index in [4.69, 9.17) is 18.0 Å². The number of aliphatic imine (C=N–C) groups is 1. The monoisotopic (exact) mass is 358 g/mol. The molecule has 1 aliphatic carbocycles. The molecule has 2 fully saturated rings. The van der Waals surface area contributed by atoms with Crippen LogP contribution in [0.3, 0.4) is 0 Å². The third-order valence-electron chi connectivity index (χ3n) is 4.70. The second-order valence-corrected chi connectivity index (χ2v) is 6.98. The number of nitrogens with two attached hydrogens (primary N) is 1. The van der Waals surface area contributed by atoms with Crippen LogP contribution in [0.1, 0.15) is 31.2 Å². The summed E-state index contributed by atoms with van der Waals surface area (Å²) in [6.45, 7) is 1.96. The molecule has 2 amide bonds. The number of carbonyl (C=O) groups excluding carboxylic acids is 2. The number of anilines is 1. The molecule has 1 heterocycles. The molecule has 0 radical (unpaired) electrons. The van der Waals surface area contributed by atoms with Gasteiger partial charge in [0, 0.05) is 12.3 Å². The highest BCUT2D eigenvalue weighted by Crippen LogP contribution is 2.22. The molecule has 1 saturated carbocycles. The van der Waals surface area contributed by atoms with Crippen molar-refractivity contribution in [3.05, 3.63) is 29.8 Å². The predicted molar refractivity (Wildman–Crippen MR) is 102 cm³/mol. The molecule has 3 N–H and O–H groups in total. The molecule has 3 atom stereocenters. The Labute approximate surface area is 152 Å². The zero-order valence-electron chi connectivity index (χ0n) is 14.1. The Balaban J connectivity index is 1.81. The van der Waals surface area contributed by atoms with Gasteiger partial charge in [0.05, 0.1) is 11.7 Å². The van der Waals surface area contributed by atoms with Crippen LogP contribution in [0.2, 0.25) is 0 Å². The molecule has 1 aromatic rings. The summed E-state index contributed by atoms with van der Waals surface area (Å²) in [7, 11) is 0. The molecular formula is C18H22N4O2S. The molecule has 0 spiro atoms. The third-order valence-corrected chi connectivity index (χ3v) is 4.99. The van der Waals surface area contributed by atoms with Gasteiger partial charge in [-0.2, -0.15) is 0 Å². The lowest BCUT2D eigenvalue weighted by molar-refractivity contribution is -0.130.